The topological polar surface area (TPSA) is 368 Å². The number of rotatable bonds is 66. The molecule has 0 spiro atoms. The Bertz CT molecular complexity index is 4250. The molecule has 0 bridgehead atoms. The number of amides is 2. The van der Waals surface area contributed by atoms with E-state index in [1.807, 2.05) is 69.2 Å². The van der Waals surface area contributed by atoms with Gasteiger partial charge >= 0.3 is 36.1 Å². The monoisotopic (exact) mass is 2170 g/mol. The maximum absolute atomic E-state index is 18.0. The van der Waals surface area contributed by atoms with Crippen LogP contribution in [0.4, 0.5) is 14.0 Å². The summed E-state index contributed by atoms with van der Waals surface area (Å²) in [5.74, 6) is -6.54. The van der Waals surface area contributed by atoms with Crippen molar-refractivity contribution >= 4 is 106 Å². The van der Waals surface area contributed by atoms with Crippen molar-refractivity contribution in [3.05, 3.63) is 144 Å². The quantitative estimate of drug-likeness (QED) is 0.0160. The van der Waals surface area contributed by atoms with Crippen LogP contribution in [0.5, 0.6) is 0 Å². The summed E-state index contributed by atoms with van der Waals surface area (Å²) in [5, 5.41) is 18.1. The molecular weight excluding hydrogens is 2020 g/mol. The van der Waals surface area contributed by atoms with Crippen molar-refractivity contribution in [3.8, 4) is 0 Å². The van der Waals surface area contributed by atoms with E-state index in [0.29, 0.717) is 116 Å². The average molecular weight is 2170 g/mol. The van der Waals surface area contributed by atoms with Crippen LogP contribution >= 0.6 is 69.6 Å². The van der Waals surface area contributed by atoms with E-state index in [-0.39, 0.29) is 115 Å². The lowest BCUT2D eigenvalue weighted by molar-refractivity contribution is -0.360. The van der Waals surface area contributed by atoms with E-state index in [9.17, 15) is 14.7 Å². The number of aliphatic hydroxyl groups is 1. The largest absolute Gasteiger partial charge is 0.452 e. The minimum absolute atomic E-state index is 0.00610. The fourth-order valence-corrected chi connectivity index (χ4v) is 17.5. The normalized spacial score (nSPS) is 27.8. The summed E-state index contributed by atoms with van der Waals surface area (Å²) in [5.41, 5.74) is 0.485. The van der Waals surface area contributed by atoms with Gasteiger partial charge in [-0.05, 0) is 113 Å². The van der Waals surface area contributed by atoms with Crippen molar-refractivity contribution in [1.82, 2.24) is 10.6 Å². The minimum atomic E-state index is -2.84. The second kappa shape index (κ2) is 66.9. The summed E-state index contributed by atoms with van der Waals surface area (Å²) in [4.78, 5) is 90.1. The Morgan fingerprint density at radius 3 is 0.883 bits per heavy atom. The molecule has 818 valence electrons. The molecule has 26 atom stereocenters. The van der Waals surface area contributed by atoms with Crippen LogP contribution in [0.3, 0.4) is 0 Å². The summed E-state index contributed by atoms with van der Waals surface area (Å²) in [6, 6.07) is 29.3. The number of hydrogen-bond donors (Lipinski definition) is 3. The molecule has 0 radical (unpaired) electrons. The zero-order chi connectivity index (χ0) is 104. The Morgan fingerprint density at radius 2 is 0.572 bits per heavy atom. The summed E-state index contributed by atoms with van der Waals surface area (Å²) in [6.07, 6.45) is -25.6. The number of ether oxygens (including phenoxy) is 24. The Labute approximate surface area is 883 Å². The molecule has 5 fully saturated rings. The summed E-state index contributed by atoms with van der Waals surface area (Å²) in [7, 11) is 0. The first kappa shape index (κ1) is 123. The molecule has 1 saturated carbocycles. The zero-order valence-corrected chi connectivity index (χ0v) is 89.6. The van der Waals surface area contributed by atoms with Crippen molar-refractivity contribution in [2.75, 3.05) is 112 Å². The Hall–Kier alpha value is -5.79. The average Bonchev–Trinajstić information content (AvgIpc) is 1.54. The number of halogens is 7. The van der Waals surface area contributed by atoms with Gasteiger partial charge in [0.2, 0.25) is 13.9 Å². The first-order valence-electron chi connectivity index (χ1n) is 51.7. The molecule has 0 aromatic heterocycles. The Balaban J connectivity index is 1.25. The van der Waals surface area contributed by atoms with Gasteiger partial charge in [-0.1, -0.05) is 276 Å². The predicted molar refractivity (Wildman–Crippen MR) is 540 cm³/mol. The number of unbranched alkanes of at least 4 members (excludes halogenated alkanes) is 10. The minimum Gasteiger partial charge on any atom is -0.452 e. The van der Waals surface area contributed by atoms with E-state index in [1.165, 1.54) is 0 Å². The number of carbonyl (C=O) groups excluding carboxylic acids is 6. The molecule has 12 unspecified atom stereocenters. The molecule has 33 nitrogen and oxygen atoms in total. The highest BCUT2D eigenvalue weighted by molar-refractivity contribution is 6.68. The van der Waals surface area contributed by atoms with Crippen LogP contribution < -0.4 is 10.6 Å². The molecule has 3 N–H and O–H groups in total. The van der Waals surface area contributed by atoms with Crippen molar-refractivity contribution in [2.45, 2.75) is 353 Å². The molecule has 4 aliphatic heterocycles. The Morgan fingerprint density at radius 1 is 0.310 bits per heavy atom. The van der Waals surface area contributed by atoms with Crippen molar-refractivity contribution < 1.29 is 152 Å². The molecule has 4 saturated heterocycles. The lowest BCUT2D eigenvalue weighted by Gasteiger charge is -2.50. The molecule has 4 aromatic carbocycles. The van der Waals surface area contributed by atoms with Gasteiger partial charge in [0.05, 0.1) is 79.5 Å². The molecule has 9 rings (SSSR count). The van der Waals surface area contributed by atoms with Gasteiger partial charge in [0, 0.05) is 72.0 Å². The van der Waals surface area contributed by atoms with Crippen LogP contribution in [0.1, 0.15) is 239 Å². The fourth-order valence-electron chi connectivity index (χ4n) is 17.1. The number of benzene rings is 4. The number of nitrogens with one attached hydrogen (secondary N) is 2. The standard InChI is InChI=1S/C105H153Cl6FN2O31/c1-11-21-51-122-62-73-82(127-56-26-16-6)89(139-94(116)68-43-35-31-36-44-68)91(141-96(118)70-47-39-33-40-48-70)100(137-73)144-84-75(64-124-53-23-13-3)135-98(78(87(84)130-59-29-19-9)113-102(120)133-66-104(106,107)108)132-61-72-80(77(93(112)115)86(129-58-28-18-8)81(72)126-55-25-15-5)143-99-79(114-103(121)134-67-105(109,110)111)88(131-60-30-20-10)85(76(136-99)65-125-54-24-14-4)145-101-92(142-97(119)71-49-41-34-42-50-71)90(140-95(117)69-45-37-32-38-46-69)83(128-57-27-17-7)74(138-101)63-123-52-22-12-2/h31-50,72-93,98-101,115H,11-30,51-67H2,1-10H3,(H,113,120)(H,114,121)/t72?,73?,74?,75?,76?,77-,78+,79+,80?,81-,82+,83+,84-,85-,86?,87?,88?,89?,90?,91?,92+,93+,98-,99+,100+,101+/m1/s1. The Kier molecular flexibility index (Phi) is 56.6. The van der Waals surface area contributed by atoms with Crippen LogP contribution in [0.25, 0.3) is 0 Å². The van der Waals surface area contributed by atoms with Crippen LogP contribution in [0.15, 0.2) is 121 Å². The molecule has 4 aromatic rings. The first-order valence-corrected chi connectivity index (χ1v) is 54.0. The summed E-state index contributed by atoms with van der Waals surface area (Å²) < 4.78 is 178. The van der Waals surface area contributed by atoms with Crippen molar-refractivity contribution in [2.24, 2.45) is 11.8 Å². The van der Waals surface area contributed by atoms with Crippen LogP contribution in [0, 0.1) is 11.8 Å². The van der Waals surface area contributed by atoms with E-state index in [1.54, 1.807) is 121 Å². The fraction of sp³-hybridized carbons (Fsp3) is 0.714. The van der Waals surface area contributed by atoms with Gasteiger partial charge in [-0.3, -0.25) is 0 Å². The summed E-state index contributed by atoms with van der Waals surface area (Å²) in [6.45, 7) is 17.3. The molecule has 40 heteroatoms. The van der Waals surface area contributed by atoms with Gasteiger partial charge in [-0.2, -0.15) is 0 Å². The predicted octanol–water partition coefficient (Wildman–Crippen LogP) is 18.8. The maximum Gasteiger partial charge on any atom is 0.407 e. The number of alkyl halides is 7. The number of hydrogen-bond acceptors (Lipinski definition) is 31. The third-order valence-corrected chi connectivity index (χ3v) is 25.6. The van der Waals surface area contributed by atoms with Crippen LogP contribution in [-0.2, 0) is 114 Å². The van der Waals surface area contributed by atoms with Crippen molar-refractivity contribution in [1.29, 1.82) is 0 Å². The van der Waals surface area contributed by atoms with Gasteiger partial charge < -0.3 is 129 Å². The molecule has 5 aliphatic rings. The highest BCUT2D eigenvalue weighted by atomic mass is 35.6. The molecule has 145 heavy (non-hydrogen) atoms. The van der Waals surface area contributed by atoms with Crippen LogP contribution in [0.2, 0.25) is 0 Å². The molecule has 1 aliphatic carbocycles. The highest BCUT2D eigenvalue weighted by Crippen LogP contribution is 2.46. The van der Waals surface area contributed by atoms with Crippen LogP contribution in [-0.4, -0.2) is 308 Å². The lowest BCUT2D eigenvalue weighted by atomic mass is 9.94. The van der Waals surface area contributed by atoms with E-state index in [4.69, 9.17) is 183 Å². The molecule has 4 heterocycles. The SMILES string of the molecule is CCCCOCC1O[C@@H](OCC2C(O[C@@H]3OC(COCCCC)[C@@H](O[C@@H]4OC(COCCCC)[C@H](OCCCC)C(OC(=O)c5ccccc5)[C@@H]4OC(=O)c4ccccc4)C(OCCCC)[C@@H]3NC(=O)OCC(Cl)(Cl)Cl)[C@@H]([C@H](O)F)C(OCCCC)[C@@H]2OCCCC)[C@@H](NC(=O)OCC(Cl)(Cl)Cl)C(OCCCC)[C@@H]1O[C@@H]1OC(COCCCC)[C@H](OCCCC)C(OC(=O)c2ccccc2)C1OC(=O)c1ccccc1. The number of alkyl carbamates (subject to hydrolysis) is 2. The molecule has 2 amide bonds. The van der Waals surface area contributed by atoms with Gasteiger partial charge in [0.15, 0.2) is 49.6 Å². The van der Waals surface area contributed by atoms with Gasteiger partial charge in [-0.25, -0.2) is 33.2 Å². The lowest BCUT2D eigenvalue weighted by Crippen LogP contribution is -2.69. The van der Waals surface area contributed by atoms with Gasteiger partial charge in [0.1, 0.15) is 86.3 Å². The molecular formula is C105H153Cl6FN2O31. The van der Waals surface area contributed by atoms with E-state index >= 15 is 23.6 Å². The zero-order valence-electron chi connectivity index (χ0n) is 85.1. The number of aliphatic hydroxyl groups excluding tert-OH is 1. The summed E-state index contributed by atoms with van der Waals surface area (Å²) >= 11 is 38.1. The highest BCUT2D eigenvalue weighted by Gasteiger charge is 2.63. The number of esters is 4. The first-order chi connectivity index (χ1) is 70.2. The number of carbonyl (C=O) groups is 6. The smallest absolute Gasteiger partial charge is 0.407 e. The third kappa shape index (κ3) is 40.0. The van der Waals surface area contributed by atoms with E-state index in [2.05, 4.69) is 10.6 Å². The van der Waals surface area contributed by atoms with E-state index < -0.39 is 223 Å². The van der Waals surface area contributed by atoms with Crippen molar-refractivity contribution in [3.63, 3.8) is 0 Å². The maximum atomic E-state index is 18.0. The van der Waals surface area contributed by atoms with Gasteiger partial charge in [-0.15, -0.1) is 0 Å². The van der Waals surface area contributed by atoms with E-state index in [0.717, 1.165) is 12.8 Å². The van der Waals surface area contributed by atoms with Gasteiger partial charge in [0.25, 0.3) is 0 Å². The second-order valence-corrected chi connectivity index (χ2v) is 41.5. The second-order valence-electron chi connectivity index (χ2n) is 36.4. The third-order valence-electron chi connectivity index (χ3n) is 24.9.